The molecule has 0 aliphatic heterocycles. The summed E-state index contributed by atoms with van der Waals surface area (Å²) < 4.78 is 47.9. The Bertz CT molecular complexity index is 616. The number of carbonyl (C=O) groups excluding carboxylic acids is 1. The van der Waals surface area contributed by atoms with Crippen molar-refractivity contribution in [3.05, 3.63) is 35.4 Å². The fourth-order valence-corrected chi connectivity index (χ4v) is 2.03. The molecule has 0 radical (unpaired) electrons. The van der Waals surface area contributed by atoms with Crippen LogP contribution < -0.4 is 5.32 Å². The molecule has 5 nitrogen and oxygen atoms in total. The number of rotatable bonds is 9. The van der Waals surface area contributed by atoms with Crippen LogP contribution in [0.4, 0.5) is 13.2 Å². The van der Waals surface area contributed by atoms with Crippen LogP contribution in [-0.2, 0) is 20.4 Å². The molecule has 1 aromatic carbocycles. The first-order valence-corrected chi connectivity index (χ1v) is 8.00. The fourth-order valence-electron chi connectivity index (χ4n) is 2.03. The quantitative estimate of drug-likeness (QED) is 0.672. The third kappa shape index (κ3) is 8.85. The molecule has 8 heteroatoms. The van der Waals surface area contributed by atoms with E-state index in [1.165, 1.54) is 12.1 Å². The largest absolute Gasteiger partial charge is 0.416 e. The average molecular weight is 372 g/mol. The summed E-state index contributed by atoms with van der Waals surface area (Å²) in [5, 5.41) is 2.62. The van der Waals surface area contributed by atoms with Crippen LogP contribution in [-0.4, -0.2) is 64.4 Å². The van der Waals surface area contributed by atoms with E-state index in [0.29, 0.717) is 26.3 Å². The molecule has 0 aromatic heterocycles. The van der Waals surface area contributed by atoms with Gasteiger partial charge in [-0.25, -0.2) is 0 Å². The van der Waals surface area contributed by atoms with Gasteiger partial charge in [0.15, 0.2) is 0 Å². The maximum Gasteiger partial charge on any atom is 0.416 e. The lowest BCUT2D eigenvalue weighted by atomic mass is 10.1. The summed E-state index contributed by atoms with van der Waals surface area (Å²) in [5.41, 5.74) is -0.504. The molecule has 1 rings (SSSR count). The monoisotopic (exact) mass is 372 g/mol. The highest BCUT2D eigenvalue weighted by Crippen LogP contribution is 2.29. The number of benzene rings is 1. The Kier molecular flexibility index (Phi) is 9.73. The van der Waals surface area contributed by atoms with Crippen molar-refractivity contribution in [1.29, 1.82) is 0 Å². The van der Waals surface area contributed by atoms with E-state index in [0.717, 1.165) is 12.1 Å². The van der Waals surface area contributed by atoms with E-state index in [1.54, 1.807) is 14.2 Å². The lowest BCUT2D eigenvalue weighted by molar-refractivity contribution is -0.137. The summed E-state index contributed by atoms with van der Waals surface area (Å²) in [4.78, 5) is 13.8. The summed E-state index contributed by atoms with van der Waals surface area (Å²) in [5.74, 6) is 5.04. The summed E-state index contributed by atoms with van der Waals surface area (Å²) in [6.45, 7) is 2.38. The molecule has 0 aliphatic carbocycles. The van der Waals surface area contributed by atoms with Crippen LogP contribution in [0.3, 0.4) is 0 Å². The highest BCUT2D eigenvalue weighted by molar-refractivity contribution is 5.78. The number of methoxy groups -OCH3 is 2. The van der Waals surface area contributed by atoms with E-state index in [4.69, 9.17) is 9.47 Å². The van der Waals surface area contributed by atoms with E-state index in [-0.39, 0.29) is 24.6 Å². The molecular weight excluding hydrogens is 349 g/mol. The van der Waals surface area contributed by atoms with Gasteiger partial charge in [-0.3, -0.25) is 9.69 Å². The second kappa shape index (κ2) is 11.5. The number of halogens is 3. The number of amides is 1. The highest BCUT2D eigenvalue weighted by Gasteiger charge is 2.30. The van der Waals surface area contributed by atoms with Gasteiger partial charge in [-0.15, -0.1) is 0 Å². The minimum Gasteiger partial charge on any atom is -0.383 e. The summed E-state index contributed by atoms with van der Waals surface area (Å²) in [7, 11) is 3.16. The van der Waals surface area contributed by atoms with E-state index >= 15 is 0 Å². The van der Waals surface area contributed by atoms with E-state index in [1.807, 2.05) is 4.90 Å². The zero-order valence-corrected chi connectivity index (χ0v) is 14.9. The molecule has 0 aliphatic rings. The average Bonchev–Trinajstić information content (AvgIpc) is 2.60. The SMILES string of the molecule is COCCN(CCOC)CC(=O)NCC#Cc1cccc(C(F)(F)F)c1. The van der Waals surface area contributed by atoms with Crippen molar-refractivity contribution in [3.63, 3.8) is 0 Å². The number of nitrogens with zero attached hydrogens (tertiary/aromatic N) is 1. The summed E-state index contributed by atoms with van der Waals surface area (Å²) in [6, 6.07) is 4.75. The third-order valence-electron chi connectivity index (χ3n) is 3.39. The maximum atomic E-state index is 12.6. The fraction of sp³-hybridized carbons (Fsp3) is 0.500. The predicted molar refractivity (Wildman–Crippen MR) is 91.5 cm³/mol. The molecule has 0 atom stereocenters. The van der Waals surface area contributed by atoms with Crippen molar-refractivity contribution in [3.8, 4) is 11.8 Å². The minimum absolute atomic E-state index is 0.0530. The molecule has 1 aromatic rings. The van der Waals surface area contributed by atoms with Crippen molar-refractivity contribution in [2.75, 3.05) is 53.6 Å². The number of hydrogen-bond acceptors (Lipinski definition) is 4. The molecule has 0 heterocycles. The first kappa shape index (κ1) is 22.0. The smallest absolute Gasteiger partial charge is 0.383 e. The minimum atomic E-state index is -4.40. The number of alkyl halides is 3. The standard InChI is InChI=1S/C18H23F3N2O3/c1-25-11-9-23(10-12-26-2)14-17(24)22-8-4-6-15-5-3-7-16(13-15)18(19,20)21/h3,5,7,13H,8-12,14H2,1-2H3,(H,22,24). The van der Waals surface area contributed by atoms with Crippen LogP contribution in [0.25, 0.3) is 0 Å². The Balaban J connectivity index is 2.49. The molecule has 1 amide bonds. The van der Waals surface area contributed by atoms with Gasteiger partial charge in [0.25, 0.3) is 0 Å². The molecule has 0 fully saturated rings. The molecule has 1 N–H and O–H groups in total. The lowest BCUT2D eigenvalue weighted by Gasteiger charge is -2.20. The molecule has 0 saturated heterocycles. The van der Waals surface area contributed by atoms with E-state index in [2.05, 4.69) is 17.2 Å². The van der Waals surface area contributed by atoms with Gasteiger partial charge in [-0.1, -0.05) is 17.9 Å². The van der Waals surface area contributed by atoms with Crippen LogP contribution in [0, 0.1) is 11.8 Å². The number of nitrogens with one attached hydrogen (secondary N) is 1. The first-order chi connectivity index (χ1) is 12.4. The van der Waals surface area contributed by atoms with Gasteiger partial charge >= 0.3 is 6.18 Å². The summed E-state index contributed by atoms with van der Waals surface area (Å²) >= 11 is 0. The van der Waals surface area contributed by atoms with Gasteiger partial charge < -0.3 is 14.8 Å². The van der Waals surface area contributed by atoms with E-state index in [9.17, 15) is 18.0 Å². The van der Waals surface area contributed by atoms with Crippen LogP contribution in [0.2, 0.25) is 0 Å². The molecule has 26 heavy (non-hydrogen) atoms. The number of carbonyl (C=O) groups is 1. The van der Waals surface area contributed by atoms with Crippen molar-refractivity contribution in [1.82, 2.24) is 10.2 Å². The topological polar surface area (TPSA) is 50.8 Å². The van der Waals surface area contributed by atoms with Crippen LogP contribution in [0.1, 0.15) is 11.1 Å². The van der Waals surface area contributed by atoms with E-state index < -0.39 is 11.7 Å². The van der Waals surface area contributed by atoms with Gasteiger partial charge in [0.05, 0.1) is 31.9 Å². The van der Waals surface area contributed by atoms with Crippen molar-refractivity contribution in [2.45, 2.75) is 6.18 Å². The van der Waals surface area contributed by atoms with Crippen molar-refractivity contribution < 1.29 is 27.4 Å². The van der Waals surface area contributed by atoms with Crippen LogP contribution in [0.15, 0.2) is 24.3 Å². The molecule has 144 valence electrons. The van der Waals surface area contributed by atoms with Gasteiger partial charge in [0.2, 0.25) is 5.91 Å². The molecule has 0 spiro atoms. The number of ether oxygens (including phenoxy) is 2. The summed E-state index contributed by atoms with van der Waals surface area (Å²) in [6.07, 6.45) is -4.40. The zero-order valence-electron chi connectivity index (χ0n) is 14.9. The van der Waals surface area contributed by atoms with Gasteiger partial charge in [-0.2, -0.15) is 13.2 Å². The lowest BCUT2D eigenvalue weighted by Crippen LogP contribution is -2.40. The Labute approximate surface area is 151 Å². The Hall–Kier alpha value is -2.08. The second-order valence-corrected chi connectivity index (χ2v) is 5.42. The molecular formula is C18H23F3N2O3. The third-order valence-corrected chi connectivity index (χ3v) is 3.39. The van der Waals surface area contributed by atoms with Gasteiger partial charge in [0, 0.05) is 32.9 Å². The van der Waals surface area contributed by atoms with Crippen LogP contribution in [0.5, 0.6) is 0 Å². The Morgan fingerprint density at radius 2 is 1.85 bits per heavy atom. The Morgan fingerprint density at radius 3 is 2.42 bits per heavy atom. The van der Waals surface area contributed by atoms with Gasteiger partial charge in [-0.05, 0) is 18.2 Å². The second-order valence-electron chi connectivity index (χ2n) is 5.42. The molecule has 0 saturated carbocycles. The zero-order chi connectivity index (χ0) is 19.4. The van der Waals surface area contributed by atoms with Crippen LogP contribution >= 0.6 is 0 Å². The van der Waals surface area contributed by atoms with Crippen molar-refractivity contribution in [2.24, 2.45) is 0 Å². The number of hydrogen-bond donors (Lipinski definition) is 1. The van der Waals surface area contributed by atoms with Gasteiger partial charge in [0.1, 0.15) is 0 Å². The van der Waals surface area contributed by atoms with Crippen molar-refractivity contribution >= 4 is 5.91 Å². The Morgan fingerprint density at radius 1 is 1.19 bits per heavy atom. The predicted octanol–water partition coefficient (Wildman–Crippen LogP) is 1.77. The first-order valence-electron chi connectivity index (χ1n) is 8.00. The normalized spacial score (nSPS) is 11.2. The molecule has 0 unspecified atom stereocenters. The maximum absolute atomic E-state index is 12.6. The molecule has 0 bridgehead atoms. The highest BCUT2D eigenvalue weighted by atomic mass is 19.4.